The zero-order valence-electron chi connectivity index (χ0n) is 8.66. The molecule has 0 aromatic carbocycles. The van der Waals surface area contributed by atoms with Crippen LogP contribution in [0.5, 0.6) is 0 Å². The summed E-state index contributed by atoms with van der Waals surface area (Å²) in [6.45, 7) is 5.76. The minimum Gasteiger partial charge on any atom is -0.478 e. The van der Waals surface area contributed by atoms with Gasteiger partial charge in [0, 0.05) is 0 Å². The van der Waals surface area contributed by atoms with Crippen LogP contribution in [0.25, 0.3) is 0 Å². The Morgan fingerprint density at radius 2 is 2.14 bits per heavy atom. The molecule has 0 aliphatic heterocycles. The number of rotatable bonds is 4. The third-order valence-corrected chi connectivity index (χ3v) is 2.81. The van der Waals surface area contributed by atoms with Gasteiger partial charge in [0.1, 0.15) is 0 Å². The van der Waals surface area contributed by atoms with Crippen molar-refractivity contribution in [3.63, 3.8) is 0 Å². The van der Waals surface area contributed by atoms with Crippen LogP contribution in [0.1, 0.15) is 32.6 Å². The second-order valence-corrected chi connectivity index (χ2v) is 4.02. The lowest BCUT2D eigenvalue weighted by Crippen LogP contribution is -2.27. The van der Waals surface area contributed by atoms with Gasteiger partial charge in [-0.3, -0.25) is 0 Å². The van der Waals surface area contributed by atoms with E-state index in [2.05, 4.69) is 13.5 Å². The molecule has 1 fully saturated rings. The molecule has 0 heterocycles. The highest BCUT2D eigenvalue weighted by atomic mass is 16.5. The summed E-state index contributed by atoms with van der Waals surface area (Å²) in [5.41, 5.74) is 0.141. The van der Waals surface area contributed by atoms with E-state index in [-0.39, 0.29) is 18.3 Å². The van der Waals surface area contributed by atoms with Gasteiger partial charge in [0.05, 0.1) is 18.3 Å². The fourth-order valence-electron chi connectivity index (χ4n) is 1.80. The molecule has 0 amide bonds. The van der Waals surface area contributed by atoms with E-state index in [4.69, 9.17) is 9.84 Å². The van der Waals surface area contributed by atoms with Crippen LogP contribution < -0.4 is 0 Å². The lowest BCUT2D eigenvalue weighted by Gasteiger charge is -2.28. The first-order valence-corrected chi connectivity index (χ1v) is 5.14. The average molecular weight is 198 g/mol. The maximum absolute atomic E-state index is 10.5. The Morgan fingerprint density at radius 1 is 1.50 bits per heavy atom. The van der Waals surface area contributed by atoms with Gasteiger partial charge in [-0.15, -0.1) is 0 Å². The molecule has 0 aromatic rings. The maximum Gasteiger partial charge on any atom is 0.333 e. The topological polar surface area (TPSA) is 46.5 Å². The van der Waals surface area contributed by atoms with Crippen LogP contribution in [-0.4, -0.2) is 23.8 Å². The average Bonchev–Trinajstić information content (AvgIpc) is 2.16. The summed E-state index contributed by atoms with van der Waals surface area (Å²) in [5, 5.41) is 8.60. The highest BCUT2D eigenvalue weighted by Crippen LogP contribution is 2.26. The summed E-state index contributed by atoms with van der Waals surface area (Å²) in [6.07, 6.45) is 4.91. The molecule has 2 unspecified atom stereocenters. The van der Waals surface area contributed by atoms with Crippen LogP contribution in [0.3, 0.4) is 0 Å². The zero-order valence-corrected chi connectivity index (χ0v) is 8.66. The van der Waals surface area contributed by atoms with Crippen LogP contribution in [0.4, 0.5) is 0 Å². The van der Waals surface area contributed by atoms with Crippen molar-refractivity contribution in [2.75, 3.05) is 6.61 Å². The second kappa shape index (κ2) is 5.15. The van der Waals surface area contributed by atoms with Crippen molar-refractivity contribution in [1.82, 2.24) is 0 Å². The van der Waals surface area contributed by atoms with Gasteiger partial charge in [0.15, 0.2) is 0 Å². The first kappa shape index (κ1) is 11.2. The summed E-state index contributed by atoms with van der Waals surface area (Å²) >= 11 is 0. The molecule has 2 atom stereocenters. The Hall–Kier alpha value is -0.830. The largest absolute Gasteiger partial charge is 0.478 e. The first-order chi connectivity index (χ1) is 6.61. The summed E-state index contributed by atoms with van der Waals surface area (Å²) in [5.74, 6) is -0.418. The van der Waals surface area contributed by atoms with Crippen LogP contribution in [0.2, 0.25) is 0 Å². The van der Waals surface area contributed by atoms with Gasteiger partial charge in [-0.25, -0.2) is 4.79 Å². The van der Waals surface area contributed by atoms with Gasteiger partial charge >= 0.3 is 5.97 Å². The summed E-state index contributed by atoms with van der Waals surface area (Å²) in [7, 11) is 0. The van der Waals surface area contributed by atoms with Gasteiger partial charge in [-0.05, 0) is 18.8 Å². The normalized spacial score (nSPS) is 27.2. The summed E-state index contributed by atoms with van der Waals surface area (Å²) < 4.78 is 5.54. The highest BCUT2D eigenvalue weighted by molar-refractivity contribution is 5.85. The maximum atomic E-state index is 10.5. The van der Waals surface area contributed by atoms with Gasteiger partial charge < -0.3 is 9.84 Å². The third kappa shape index (κ3) is 3.14. The molecule has 0 saturated heterocycles. The van der Waals surface area contributed by atoms with E-state index < -0.39 is 5.97 Å². The van der Waals surface area contributed by atoms with Crippen molar-refractivity contribution >= 4 is 5.97 Å². The van der Waals surface area contributed by atoms with E-state index in [1.807, 2.05) is 0 Å². The molecular formula is C11H18O3. The molecule has 1 aliphatic carbocycles. The number of hydrogen-bond donors (Lipinski definition) is 1. The van der Waals surface area contributed by atoms with E-state index >= 15 is 0 Å². The molecule has 0 radical (unpaired) electrons. The van der Waals surface area contributed by atoms with Crippen molar-refractivity contribution in [1.29, 1.82) is 0 Å². The summed E-state index contributed by atoms with van der Waals surface area (Å²) in [4.78, 5) is 10.5. The number of carbonyl (C=O) groups is 1. The SMILES string of the molecule is C=C(COC1CCCCC1C)C(=O)O. The number of ether oxygens (including phenoxy) is 1. The van der Waals surface area contributed by atoms with Crippen LogP contribution in [-0.2, 0) is 9.53 Å². The molecule has 1 rings (SSSR count). The lowest BCUT2D eigenvalue weighted by molar-refractivity contribution is -0.133. The number of carboxylic acids is 1. The quantitative estimate of drug-likeness (QED) is 0.704. The number of carboxylic acid groups (broad SMARTS) is 1. The Kier molecular flexibility index (Phi) is 4.14. The molecule has 3 nitrogen and oxygen atoms in total. The molecule has 3 heteroatoms. The number of aliphatic carboxylic acids is 1. The predicted octanol–water partition coefficient (Wildman–Crippen LogP) is 2.22. The Bertz CT molecular complexity index is 223. The van der Waals surface area contributed by atoms with Gasteiger partial charge in [-0.2, -0.15) is 0 Å². The molecule has 0 aromatic heterocycles. The van der Waals surface area contributed by atoms with Gasteiger partial charge in [0.2, 0.25) is 0 Å². The third-order valence-electron chi connectivity index (χ3n) is 2.81. The standard InChI is InChI=1S/C11H18O3/c1-8-5-3-4-6-10(8)14-7-9(2)11(12)13/h8,10H,2-7H2,1H3,(H,12,13). The van der Waals surface area contributed by atoms with E-state index in [1.54, 1.807) is 0 Å². The molecular weight excluding hydrogens is 180 g/mol. The van der Waals surface area contributed by atoms with Crippen molar-refractivity contribution < 1.29 is 14.6 Å². The van der Waals surface area contributed by atoms with E-state index in [9.17, 15) is 4.79 Å². The Labute approximate surface area is 84.8 Å². The summed E-state index contributed by atoms with van der Waals surface area (Å²) in [6, 6.07) is 0. The van der Waals surface area contributed by atoms with E-state index in [0.29, 0.717) is 5.92 Å². The van der Waals surface area contributed by atoms with Crippen molar-refractivity contribution in [2.45, 2.75) is 38.7 Å². The molecule has 80 valence electrons. The minimum atomic E-state index is -0.964. The van der Waals surface area contributed by atoms with E-state index in [1.165, 1.54) is 19.3 Å². The smallest absolute Gasteiger partial charge is 0.333 e. The Morgan fingerprint density at radius 3 is 2.71 bits per heavy atom. The molecule has 0 spiro atoms. The van der Waals surface area contributed by atoms with Crippen molar-refractivity contribution in [3.05, 3.63) is 12.2 Å². The van der Waals surface area contributed by atoms with Crippen LogP contribution in [0.15, 0.2) is 12.2 Å². The second-order valence-electron chi connectivity index (χ2n) is 4.02. The molecule has 1 aliphatic rings. The lowest BCUT2D eigenvalue weighted by atomic mass is 9.88. The molecule has 1 N–H and O–H groups in total. The minimum absolute atomic E-state index is 0.141. The Balaban J connectivity index is 2.29. The zero-order chi connectivity index (χ0) is 10.6. The van der Waals surface area contributed by atoms with Crippen molar-refractivity contribution in [3.8, 4) is 0 Å². The fraction of sp³-hybridized carbons (Fsp3) is 0.727. The van der Waals surface area contributed by atoms with Crippen LogP contribution >= 0.6 is 0 Å². The number of hydrogen-bond acceptors (Lipinski definition) is 2. The van der Waals surface area contributed by atoms with E-state index in [0.717, 1.165) is 6.42 Å². The molecule has 14 heavy (non-hydrogen) atoms. The molecule has 0 bridgehead atoms. The van der Waals surface area contributed by atoms with Crippen LogP contribution in [0, 0.1) is 5.92 Å². The fourth-order valence-corrected chi connectivity index (χ4v) is 1.80. The highest BCUT2D eigenvalue weighted by Gasteiger charge is 2.22. The first-order valence-electron chi connectivity index (χ1n) is 5.14. The van der Waals surface area contributed by atoms with Gasteiger partial charge in [-0.1, -0.05) is 26.3 Å². The van der Waals surface area contributed by atoms with Crippen molar-refractivity contribution in [2.24, 2.45) is 5.92 Å². The molecule has 1 saturated carbocycles. The predicted molar refractivity (Wildman–Crippen MR) is 54.1 cm³/mol. The van der Waals surface area contributed by atoms with Gasteiger partial charge in [0.25, 0.3) is 0 Å². The monoisotopic (exact) mass is 198 g/mol.